The molecular weight excluding hydrogens is 228 g/mol. The normalized spacial score (nSPS) is 10.9. The molecule has 0 aliphatic heterocycles. The van der Waals surface area contributed by atoms with Crippen LogP contribution in [0.5, 0.6) is 5.75 Å². The predicted octanol–water partition coefficient (Wildman–Crippen LogP) is 3.36. The van der Waals surface area contributed by atoms with Gasteiger partial charge < -0.3 is 15.0 Å². The van der Waals surface area contributed by atoms with Gasteiger partial charge in [-0.3, -0.25) is 0 Å². The summed E-state index contributed by atoms with van der Waals surface area (Å²) in [6.07, 6.45) is 0. The topological polar surface area (TPSA) is 61.3 Å². The molecule has 0 unspecified atom stereocenters. The van der Waals surface area contributed by atoms with Crippen molar-refractivity contribution in [2.75, 3.05) is 12.8 Å². The minimum atomic E-state index is 0.242. The average Bonchev–Trinajstić information content (AvgIpc) is 2.71. The van der Waals surface area contributed by atoms with E-state index in [1.165, 1.54) is 0 Å². The molecule has 1 heterocycles. The first kappa shape index (κ1) is 12.5. The van der Waals surface area contributed by atoms with Crippen molar-refractivity contribution >= 4 is 5.88 Å². The summed E-state index contributed by atoms with van der Waals surface area (Å²) in [6, 6.07) is 5.97. The number of methoxy groups -OCH3 is 1. The van der Waals surface area contributed by atoms with Crippen molar-refractivity contribution in [2.45, 2.75) is 26.7 Å². The molecule has 2 rings (SSSR count). The van der Waals surface area contributed by atoms with Gasteiger partial charge in [-0.15, -0.1) is 0 Å². The van der Waals surface area contributed by atoms with E-state index in [2.05, 4.69) is 19.0 Å². The fourth-order valence-electron chi connectivity index (χ4n) is 2.00. The van der Waals surface area contributed by atoms with Gasteiger partial charge in [0.05, 0.1) is 18.4 Å². The number of hydrogen-bond donors (Lipinski definition) is 1. The third-order valence-corrected chi connectivity index (χ3v) is 2.92. The molecule has 2 aromatic rings. The molecule has 0 atom stereocenters. The Balaban J connectivity index is 2.68. The van der Waals surface area contributed by atoms with Crippen molar-refractivity contribution in [3.63, 3.8) is 0 Å². The Morgan fingerprint density at radius 3 is 2.67 bits per heavy atom. The van der Waals surface area contributed by atoms with Crippen LogP contribution >= 0.6 is 0 Å². The number of hydrogen-bond acceptors (Lipinski definition) is 4. The maximum atomic E-state index is 5.90. The number of aromatic nitrogens is 1. The molecule has 0 fully saturated rings. The summed E-state index contributed by atoms with van der Waals surface area (Å²) in [5.41, 5.74) is 9.67. The van der Waals surface area contributed by atoms with E-state index in [0.29, 0.717) is 5.88 Å². The second-order valence-corrected chi connectivity index (χ2v) is 4.67. The van der Waals surface area contributed by atoms with Crippen molar-refractivity contribution in [1.29, 1.82) is 0 Å². The molecule has 18 heavy (non-hydrogen) atoms. The maximum Gasteiger partial charge on any atom is 0.230 e. The Kier molecular flexibility index (Phi) is 3.28. The molecule has 0 bridgehead atoms. The number of benzene rings is 1. The molecule has 0 saturated heterocycles. The van der Waals surface area contributed by atoms with Gasteiger partial charge in [-0.05, 0) is 25.0 Å². The highest BCUT2D eigenvalue weighted by Gasteiger charge is 2.21. The monoisotopic (exact) mass is 246 g/mol. The third-order valence-electron chi connectivity index (χ3n) is 2.92. The highest BCUT2D eigenvalue weighted by molar-refractivity contribution is 5.80. The van der Waals surface area contributed by atoms with Crippen LogP contribution in [0.25, 0.3) is 11.1 Å². The van der Waals surface area contributed by atoms with Gasteiger partial charge >= 0.3 is 0 Å². The maximum absolute atomic E-state index is 5.90. The molecular formula is C14H18N2O2. The van der Waals surface area contributed by atoms with Crippen molar-refractivity contribution in [3.8, 4) is 16.9 Å². The highest BCUT2D eigenvalue weighted by atomic mass is 16.5. The van der Waals surface area contributed by atoms with Crippen LogP contribution in [-0.4, -0.2) is 12.3 Å². The van der Waals surface area contributed by atoms with Gasteiger partial charge in [-0.2, -0.15) is 0 Å². The van der Waals surface area contributed by atoms with Gasteiger partial charge in [0, 0.05) is 5.56 Å². The van der Waals surface area contributed by atoms with Crippen LogP contribution in [0.4, 0.5) is 5.88 Å². The second-order valence-electron chi connectivity index (χ2n) is 4.67. The number of nitrogens with zero attached hydrogens (tertiary/aromatic N) is 1. The lowest BCUT2D eigenvalue weighted by Crippen LogP contribution is -1.96. The Hall–Kier alpha value is -1.97. The zero-order valence-corrected chi connectivity index (χ0v) is 11.2. The average molecular weight is 246 g/mol. The quantitative estimate of drug-likeness (QED) is 0.902. The number of ether oxygens (including phenoxy) is 1. The zero-order chi connectivity index (χ0) is 13.3. The molecule has 1 aromatic carbocycles. The number of nitrogen functional groups attached to an aromatic ring is 1. The van der Waals surface area contributed by atoms with Crippen molar-refractivity contribution in [1.82, 2.24) is 5.16 Å². The van der Waals surface area contributed by atoms with E-state index in [9.17, 15) is 0 Å². The Labute approximate surface area is 107 Å². The molecule has 1 aromatic heterocycles. The van der Waals surface area contributed by atoms with E-state index in [1.54, 1.807) is 7.11 Å². The summed E-state index contributed by atoms with van der Waals surface area (Å²) in [6.45, 7) is 6.15. The van der Waals surface area contributed by atoms with Gasteiger partial charge in [0.2, 0.25) is 5.88 Å². The first-order valence-corrected chi connectivity index (χ1v) is 5.94. The summed E-state index contributed by atoms with van der Waals surface area (Å²) in [4.78, 5) is 0. The van der Waals surface area contributed by atoms with E-state index in [1.807, 2.05) is 25.1 Å². The van der Waals surface area contributed by atoms with Crippen LogP contribution in [0, 0.1) is 6.92 Å². The van der Waals surface area contributed by atoms with Gasteiger partial charge in [0.25, 0.3) is 0 Å². The molecule has 0 amide bonds. The molecule has 4 heteroatoms. The fraction of sp³-hybridized carbons (Fsp3) is 0.357. The first-order chi connectivity index (χ1) is 8.54. The van der Waals surface area contributed by atoms with E-state index in [-0.39, 0.29) is 5.92 Å². The summed E-state index contributed by atoms with van der Waals surface area (Å²) in [7, 11) is 1.65. The van der Waals surface area contributed by atoms with Crippen molar-refractivity contribution < 1.29 is 9.26 Å². The van der Waals surface area contributed by atoms with Crippen LogP contribution in [-0.2, 0) is 0 Å². The number of aryl methyl sites for hydroxylation is 1. The fourth-order valence-corrected chi connectivity index (χ4v) is 2.00. The van der Waals surface area contributed by atoms with Crippen LogP contribution in [0.15, 0.2) is 22.7 Å². The largest absolute Gasteiger partial charge is 0.496 e. The molecule has 0 aliphatic rings. The summed E-state index contributed by atoms with van der Waals surface area (Å²) >= 11 is 0. The van der Waals surface area contributed by atoms with Gasteiger partial charge in [0.1, 0.15) is 5.75 Å². The number of rotatable bonds is 3. The lowest BCUT2D eigenvalue weighted by Gasteiger charge is -2.10. The van der Waals surface area contributed by atoms with Gasteiger partial charge in [-0.1, -0.05) is 30.6 Å². The van der Waals surface area contributed by atoms with Gasteiger partial charge in [0.15, 0.2) is 0 Å². The lowest BCUT2D eigenvalue weighted by atomic mass is 9.97. The standard InChI is InChI=1S/C14H18N2O2/c1-8(2)13-12(14(15)18-16-13)10-7-9(3)5-6-11(10)17-4/h5-8H,15H2,1-4H3. The smallest absolute Gasteiger partial charge is 0.230 e. The third kappa shape index (κ3) is 2.06. The Bertz CT molecular complexity index is 559. The van der Waals surface area contributed by atoms with Crippen molar-refractivity contribution in [2.24, 2.45) is 0 Å². The van der Waals surface area contributed by atoms with Gasteiger partial charge in [-0.25, -0.2) is 0 Å². The van der Waals surface area contributed by atoms with Crippen molar-refractivity contribution in [3.05, 3.63) is 29.5 Å². The Morgan fingerprint density at radius 1 is 1.33 bits per heavy atom. The van der Waals surface area contributed by atoms with E-state index >= 15 is 0 Å². The number of anilines is 1. The predicted molar refractivity (Wildman–Crippen MR) is 71.7 cm³/mol. The molecule has 96 valence electrons. The summed E-state index contributed by atoms with van der Waals surface area (Å²) in [5.74, 6) is 1.35. The highest BCUT2D eigenvalue weighted by Crippen LogP contribution is 2.39. The Morgan fingerprint density at radius 2 is 2.06 bits per heavy atom. The van der Waals surface area contributed by atoms with E-state index in [4.69, 9.17) is 15.0 Å². The SMILES string of the molecule is COc1ccc(C)cc1-c1c(C(C)C)noc1N. The zero-order valence-electron chi connectivity index (χ0n) is 11.2. The van der Waals surface area contributed by atoms with Crippen LogP contribution in [0.1, 0.15) is 31.0 Å². The minimum Gasteiger partial charge on any atom is -0.496 e. The number of nitrogens with two attached hydrogens (primary N) is 1. The summed E-state index contributed by atoms with van der Waals surface area (Å²) < 4.78 is 10.5. The second kappa shape index (κ2) is 4.72. The molecule has 0 radical (unpaired) electrons. The van der Waals surface area contributed by atoms with Crippen LogP contribution < -0.4 is 10.5 Å². The van der Waals surface area contributed by atoms with E-state index in [0.717, 1.165) is 28.1 Å². The molecule has 0 saturated carbocycles. The molecule has 2 N–H and O–H groups in total. The first-order valence-electron chi connectivity index (χ1n) is 5.94. The van der Waals surface area contributed by atoms with Crippen LogP contribution in [0.3, 0.4) is 0 Å². The minimum absolute atomic E-state index is 0.242. The molecule has 0 aliphatic carbocycles. The molecule has 0 spiro atoms. The molecule has 4 nitrogen and oxygen atoms in total. The van der Waals surface area contributed by atoms with E-state index < -0.39 is 0 Å². The lowest BCUT2D eigenvalue weighted by molar-refractivity contribution is 0.416. The summed E-state index contributed by atoms with van der Waals surface area (Å²) in [5, 5.41) is 4.04. The van der Waals surface area contributed by atoms with Crippen LogP contribution in [0.2, 0.25) is 0 Å².